The summed E-state index contributed by atoms with van der Waals surface area (Å²) in [6.07, 6.45) is -5.85. The average molecular weight is 587 g/mol. The van der Waals surface area contributed by atoms with Gasteiger partial charge < -0.3 is 4.74 Å². The molecule has 30 heavy (non-hydrogen) atoms. The Hall–Kier alpha value is -1.53. The van der Waals surface area contributed by atoms with E-state index < -0.39 is 18.1 Å². The molecule has 2 aromatic carbocycles. The molecule has 0 spiro atoms. The molecule has 164 valence electrons. The number of alkyl halides is 7. The quantitative estimate of drug-likeness (QED) is 0.162. The van der Waals surface area contributed by atoms with Gasteiger partial charge in [-0.1, -0.05) is 45.7 Å². The lowest BCUT2D eigenvalue weighted by Crippen LogP contribution is -2.58. The monoisotopic (exact) mass is 584 g/mol. The first-order valence-electron chi connectivity index (χ1n) is 7.74. The van der Waals surface area contributed by atoms with Crippen LogP contribution in [0.2, 0.25) is 5.02 Å². The molecule has 0 amide bonds. The number of nitrogens with zero attached hydrogens (tertiary/aromatic N) is 1. The summed E-state index contributed by atoms with van der Waals surface area (Å²) in [5.74, 6) is -6.27. The lowest BCUT2D eigenvalue weighted by atomic mass is 10.2. The molecular weight excluding hydrogens is 576 g/mol. The summed E-state index contributed by atoms with van der Waals surface area (Å²) in [6, 6.07) is 3.88. The summed E-state index contributed by atoms with van der Waals surface area (Å²) in [6.45, 7) is -0.0452. The maximum Gasteiger partial charge on any atom is 0.462 e. The molecule has 0 aromatic heterocycles. The molecule has 0 fully saturated rings. The van der Waals surface area contributed by atoms with Crippen LogP contribution in [0.3, 0.4) is 0 Å². The Balaban J connectivity index is 2.26. The third-order valence-electron chi connectivity index (χ3n) is 3.53. The van der Waals surface area contributed by atoms with E-state index in [2.05, 4.69) is 37.0 Å². The molecule has 0 aliphatic carbocycles. The predicted octanol–water partition coefficient (Wildman–Crippen LogP) is 7.16. The Morgan fingerprint density at radius 3 is 2.27 bits per heavy atom. The summed E-state index contributed by atoms with van der Waals surface area (Å²) < 4.78 is 95.4. The van der Waals surface area contributed by atoms with Gasteiger partial charge in [-0.25, -0.2) is 5.43 Å². The van der Waals surface area contributed by atoms with E-state index in [1.807, 2.05) is 0 Å². The SMILES string of the molecule is FC(F)(F)C(F)(F)C(F)(F)N/N=C\c1cc(Br)cc(Br)c1OCc1ccccc1Cl. The van der Waals surface area contributed by atoms with Crippen LogP contribution >= 0.6 is 43.5 Å². The Bertz CT molecular complexity index is 939. The zero-order chi connectivity index (χ0) is 22.7. The van der Waals surface area contributed by atoms with Gasteiger partial charge in [0.25, 0.3) is 0 Å². The molecular formula is C17H10Br2ClF7N2O. The van der Waals surface area contributed by atoms with Gasteiger partial charge in [0.05, 0.1) is 10.7 Å². The van der Waals surface area contributed by atoms with Crippen LogP contribution in [0.1, 0.15) is 11.1 Å². The molecule has 0 atom stereocenters. The van der Waals surface area contributed by atoms with Crippen LogP contribution in [0, 0.1) is 0 Å². The zero-order valence-electron chi connectivity index (χ0n) is 14.4. The van der Waals surface area contributed by atoms with Crippen molar-refractivity contribution < 1.29 is 35.5 Å². The number of hydrogen-bond donors (Lipinski definition) is 1. The maximum absolute atomic E-state index is 13.3. The van der Waals surface area contributed by atoms with Crippen LogP contribution in [0.25, 0.3) is 0 Å². The minimum absolute atomic E-state index is 0.00179. The average Bonchev–Trinajstić information content (AvgIpc) is 2.61. The van der Waals surface area contributed by atoms with Gasteiger partial charge in [0.1, 0.15) is 12.4 Å². The maximum atomic E-state index is 13.3. The van der Waals surface area contributed by atoms with Gasteiger partial charge in [-0.05, 0) is 34.1 Å². The molecule has 13 heteroatoms. The van der Waals surface area contributed by atoms with Gasteiger partial charge in [-0.15, -0.1) is 0 Å². The van der Waals surface area contributed by atoms with Crippen LogP contribution in [-0.2, 0) is 6.61 Å². The number of rotatable bonds is 7. The summed E-state index contributed by atoms with van der Waals surface area (Å²) in [5, 5.41) is 3.26. The predicted molar refractivity (Wildman–Crippen MR) is 104 cm³/mol. The van der Waals surface area contributed by atoms with Gasteiger partial charge in [0.15, 0.2) is 0 Å². The standard InChI is InChI=1S/C17H10Br2ClF7N2O/c18-11-5-10(7-28-29-17(26,27)15(21,22)16(23,24)25)14(12(19)6-11)30-8-9-3-1-2-4-13(9)20/h1-7,29H,8H2/b28-7-. The topological polar surface area (TPSA) is 33.6 Å². The van der Waals surface area contributed by atoms with Crippen molar-refractivity contribution in [1.82, 2.24) is 5.43 Å². The van der Waals surface area contributed by atoms with Crippen molar-refractivity contribution in [3.8, 4) is 5.75 Å². The Morgan fingerprint density at radius 2 is 1.67 bits per heavy atom. The lowest BCUT2D eigenvalue weighted by Gasteiger charge is -2.27. The van der Waals surface area contributed by atoms with Crippen LogP contribution in [0.15, 0.2) is 50.4 Å². The molecule has 2 rings (SSSR count). The minimum Gasteiger partial charge on any atom is -0.487 e. The number of hydrogen-bond acceptors (Lipinski definition) is 3. The number of benzene rings is 2. The summed E-state index contributed by atoms with van der Waals surface area (Å²) in [7, 11) is 0. The third-order valence-corrected chi connectivity index (χ3v) is 4.94. The fourth-order valence-corrected chi connectivity index (χ4v) is 3.59. The van der Waals surface area contributed by atoms with Crippen molar-refractivity contribution in [3.63, 3.8) is 0 Å². The summed E-state index contributed by atoms with van der Waals surface area (Å²) >= 11 is 12.4. The normalized spacial score (nSPS) is 13.0. The number of hydrazone groups is 1. The molecule has 1 N–H and O–H groups in total. The second-order valence-electron chi connectivity index (χ2n) is 5.70. The first kappa shape index (κ1) is 24.7. The smallest absolute Gasteiger partial charge is 0.462 e. The molecule has 0 aliphatic rings. The van der Waals surface area contributed by atoms with Gasteiger partial charge in [0.2, 0.25) is 0 Å². The Kier molecular flexibility index (Phi) is 7.68. The minimum atomic E-state index is -6.47. The van der Waals surface area contributed by atoms with Crippen LogP contribution in [-0.4, -0.2) is 24.4 Å². The molecule has 0 aliphatic heterocycles. The molecule has 0 unspecified atom stereocenters. The Labute approximate surface area is 187 Å². The van der Waals surface area contributed by atoms with E-state index in [1.54, 1.807) is 30.3 Å². The van der Waals surface area contributed by atoms with Crippen molar-refractivity contribution >= 4 is 49.7 Å². The summed E-state index contributed by atoms with van der Waals surface area (Å²) in [5.41, 5.74) is 1.15. The molecule has 3 nitrogen and oxygen atoms in total. The van der Waals surface area contributed by atoms with E-state index >= 15 is 0 Å². The van der Waals surface area contributed by atoms with E-state index in [0.29, 0.717) is 31.2 Å². The van der Waals surface area contributed by atoms with Crippen molar-refractivity contribution in [2.45, 2.75) is 24.8 Å². The first-order chi connectivity index (χ1) is 13.8. The highest BCUT2D eigenvalue weighted by atomic mass is 79.9. The van der Waals surface area contributed by atoms with Crippen molar-refractivity contribution in [1.29, 1.82) is 0 Å². The highest BCUT2D eigenvalue weighted by Gasteiger charge is 2.73. The van der Waals surface area contributed by atoms with Crippen LogP contribution in [0.5, 0.6) is 5.75 Å². The second-order valence-corrected chi connectivity index (χ2v) is 7.88. The molecule has 0 heterocycles. The zero-order valence-corrected chi connectivity index (χ0v) is 18.3. The first-order valence-corrected chi connectivity index (χ1v) is 9.70. The highest BCUT2D eigenvalue weighted by molar-refractivity contribution is 9.11. The van der Waals surface area contributed by atoms with Gasteiger partial charge in [-0.3, -0.25) is 0 Å². The molecule has 0 saturated carbocycles. The highest BCUT2D eigenvalue weighted by Crippen LogP contribution is 2.45. The van der Waals surface area contributed by atoms with Crippen molar-refractivity contribution in [3.05, 3.63) is 61.5 Å². The number of ether oxygens (including phenoxy) is 1. The van der Waals surface area contributed by atoms with Gasteiger partial charge >= 0.3 is 18.1 Å². The van der Waals surface area contributed by atoms with Gasteiger partial charge in [-0.2, -0.15) is 35.8 Å². The van der Waals surface area contributed by atoms with Crippen molar-refractivity contribution in [2.75, 3.05) is 0 Å². The fraction of sp³-hybridized carbons (Fsp3) is 0.235. The molecule has 0 saturated heterocycles. The van der Waals surface area contributed by atoms with Crippen LogP contribution < -0.4 is 10.2 Å². The lowest BCUT2D eigenvalue weighted by molar-refractivity contribution is -0.361. The third kappa shape index (κ3) is 5.58. The van der Waals surface area contributed by atoms with E-state index in [9.17, 15) is 30.7 Å². The van der Waals surface area contributed by atoms with E-state index in [1.165, 1.54) is 6.07 Å². The molecule has 0 bridgehead atoms. The second kappa shape index (κ2) is 9.31. The summed E-state index contributed by atoms with van der Waals surface area (Å²) in [4.78, 5) is 0. The Morgan fingerprint density at radius 1 is 1.03 bits per heavy atom. The van der Waals surface area contributed by atoms with Crippen LogP contribution in [0.4, 0.5) is 30.7 Å². The van der Waals surface area contributed by atoms with E-state index in [0.717, 1.165) is 0 Å². The van der Waals surface area contributed by atoms with E-state index in [-0.39, 0.29) is 17.9 Å². The number of halogens is 10. The van der Waals surface area contributed by atoms with Gasteiger partial charge in [0, 0.05) is 20.6 Å². The molecule has 0 radical (unpaired) electrons. The molecule has 2 aromatic rings. The van der Waals surface area contributed by atoms with Crippen molar-refractivity contribution in [2.24, 2.45) is 5.10 Å². The fourth-order valence-electron chi connectivity index (χ4n) is 2.02. The number of nitrogens with one attached hydrogen (secondary N) is 1. The largest absolute Gasteiger partial charge is 0.487 e. The van der Waals surface area contributed by atoms with E-state index in [4.69, 9.17) is 16.3 Å².